The Balaban J connectivity index is 2.91. The van der Waals surface area contributed by atoms with E-state index in [1.165, 1.54) is 0 Å². The molecular formula is C9H14OS. The molecule has 0 saturated heterocycles. The van der Waals surface area contributed by atoms with Gasteiger partial charge in [-0.15, -0.1) is 12.6 Å². The number of Topliss-reactive ketones (excluding diaryl/α,β-unsaturated/α-hetero) is 1. The summed E-state index contributed by atoms with van der Waals surface area (Å²) in [7, 11) is 0. The number of rotatable bonds is 1. The fourth-order valence-corrected chi connectivity index (χ4v) is 2.04. The van der Waals surface area contributed by atoms with Crippen molar-refractivity contribution >= 4 is 18.4 Å². The van der Waals surface area contributed by atoms with Gasteiger partial charge in [0, 0.05) is 12.0 Å². The summed E-state index contributed by atoms with van der Waals surface area (Å²) in [6.07, 6.45) is 2.69. The molecule has 0 radical (unpaired) electrons. The molecule has 1 aliphatic carbocycles. The highest BCUT2D eigenvalue weighted by atomic mass is 32.1. The van der Waals surface area contributed by atoms with Crippen molar-refractivity contribution in [3.8, 4) is 0 Å². The van der Waals surface area contributed by atoms with E-state index in [1.54, 1.807) is 0 Å². The summed E-state index contributed by atoms with van der Waals surface area (Å²) in [6, 6.07) is 0. The van der Waals surface area contributed by atoms with E-state index in [9.17, 15) is 4.79 Å². The Labute approximate surface area is 73.3 Å². The lowest BCUT2D eigenvalue weighted by molar-refractivity contribution is -0.116. The highest BCUT2D eigenvalue weighted by molar-refractivity contribution is 7.84. The van der Waals surface area contributed by atoms with Gasteiger partial charge in [-0.1, -0.05) is 13.8 Å². The van der Waals surface area contributed by atoms with Gasteiger partial charge in [-0.3, -0.25) is 4.79 Å². The Kier molecular flexibility index (Phi) is 2.77. The third-order valence-corrected chi connectivity index (χ3v) is 2.47. The molecule has 0 aliphatic heterocycles. The second-order valence-electron chi connectivity index (χ2n) is 3.29. The van der Waals surface area contributed by atoms with Crippen molar-refractivity contribution in [2.75, 3.05) is 0 Å². The minimum absolute atomic E-state index is 0.302. The van der Waals surface area contributed by atoms with Crippen molar-refractivity contribution in [3.05, 3.63) is 10.5 Å². The summed E-state index contributed by atoms with van der Waals surface area (Å²) < 4.78 is 0. The maximum absolute atomic E-state index is 11.3. The molecule has 0 amide bonds. The second-order valence-corrected chi connectivity index (χ2v) is 3.83. The Morgan fingerprint density at radius 3 is 2.36 bits per heavy atom. The lowest BCUT2D eigenvalue weighted by Gasteiger charge is -2.18. The van der Waals surface area contributed by atoms with Gasteiger partial charge >= 0.3 is 0 Å². The van der Waals surface area contributed by atoms with Crippen LogP contribution in [-0.2, 0) is 4.79 Å². The fourth-order valence-electron chi connectivity index (χ4n) is 1.50. The molecule has 0 aromatic carbocycles. The molecule has 11 heavy (non-hydrogen) atoms. The van der Waals surface area contributed by atoms with E-state index in [-0.39, 0.29) is 0 Å². The number of hydrogen-bond donors (Lipinski definition) is 1. The van der Waals surface area contributed by atoms with E-state index in [1.807, 2.05) is 0 Å². The van der Waals surface area contributed by atoms with Crippen LogP contribution in [0, 0.1) is 5.92 Å². The Bertz CT molecular complexity index is 204. The van der Waals surface area contributed by atoms with Crippen molar-refractivity contribution < 1.29 is 4.79 Å². The number of allylic oxidation sites excluding steroid dienone is 2. The van der Waals surface area contributed by atoms with E-state index in [0.717, 1.165) is 29.7 Å². The summed E-state index contributed by atoms with van der Waals surface area (Å²) in [4.78, 5) is 12.3. The number of ketones is 1. The van der Waals surface area contributed by atoms with E-state index in [2.05, 4.69) is 26.5 Å². The second kappa shape index (κ2) is 3.44. The van der Waals surface area contributed by atoms with Gasteiger partial charge in [0.05, 0.1) is 0 Å². The smallest absolute Gasteiger partial charge is 0.159 e. The van der Waals surface area contributed by atoms with Crippen molar-refractivity contribution in [3.63, 3.8) is 0 Å². The lowest BCUT2D eigenvalue weighted by atomic mass is 9.90. The van der Waals surface area contributed by atoms with Crippen LogP contribution < -0.4 is 0 Å². The molecule has 1 nitrogen and oxygen atoms in total. The maximum atomic E-state index is 11.3. The molecule has 62 valence electrons. The molecule has 0 aromatic heterocycles. The zero-order valence-electron chi connectivity index (χ0n) is 7.05. The van der Waals surface area contributed by atoms with Gasteiger partial charge in [0.2, 0.25) is 0 Å². The Morgan fingerprint density at radius 1 is 1.36 bits per heavy atom. The van der Waals surface area contributed by atoms with Crippen molar-refractivity contribution in [1.82, 2.24) is 0 Å². The average molecular weight is 170 g/mol. The zero-order valence-corrected chi connectivity index (χ0v) is 7.95. The first-order chi connectivity index (χ1) is 5.13. The van der Waals surface area contributed by atoms with Crippen LogP contribution in [0.4, 0.5) is 0 Å². The van der Waals surface area contributed by atoms with Gasteiger partial charge < -0.3 is 0 Å². The monoisotopic (exact) mass is 170 g/mol. The Morgan fingerprint density at radius 2 is 2.00 bits per heavy atom. The van der Waals surface area contributed by atoms with Gasteiger partial charge in [-0.2, -0.15) is 0 Å². The first kappa shape index (κ1) is 8.85. The maximum Gasteiger partial charge on any atom is 0.159 e. The van der Waals surface area contributed by atoms with Crippen molar-refractivity contribution in [2.24, 2.45) is 5.92 Å². The quantitative estimate of drug-likeness (QED) is 0.598. The SMILES string of the molecule is CC(C)C1=C(S)CCCC1=O. The molecule has 0 saturated carbocycles. The van der Waals surface area contributed by atoms with E-state index >= 15 is 0 Å². The van der Waals surface area contributed by atoms with E-state index in [0.29, 0.717) is 11.7 Å². The zero-order chi connectivity index (χ0) is 8.43. The normalized spacial score (nSPS) is 19.8. The average Bonchev–Trinajstić information content (AvgIpc) is 1.85. The van der Waals surface area contributed by atoms with Crippen LogP contribution in [0.2, 0.25) is 0 Å². The van der Waals surface area contributed by atoms with E-state index in [4.69, 9.17) is 0 Å². The lowest BCUT2D eigenvalue weighted by Crippen LogP contribution is -2.14. The minimum atomic E-state index is 0.302. The number of carbonyl (C=O) groups is 1. The van der Waals surface area contributed by atoms with Gasteiger partial charge in [-0.05, 0) is 23.7 Å². The molecule has 0 atom stereocenters. The van der Waals surface area contributed by atoms with Crippen LogP contribution >= 0.6 is 12.6 Å². The topological polar surface area (TPSA) is 17.1 Å². The molecule has 1 aliphatic rings. The van der Waals surface area contributed by atoms with Crippen LogP contribution in [0.1, 0.15) is 33.1 Å². The van der Waals surface area contributed by atoms with Crippen molar-refractivity contribution in [2.45, 2.75) is 33.1 Å². The molecule has 0 aromatic rings. The number of hydrogen-bond acceptors (Lipinski definition) is 2. The van der Waals surface area contributed by atoms with Gasteiger partial charge in [0.1, 0.15) is 0 Å². The van der Waals surface area contributed by atoms with E-state index < -0.39 is 0 Å². The molecule has 0 N–H and O–H groups in total. The van der Waals surface area contributed by atoms with Gasteiger partial charge in [-0.25, -0.2) is 0 Å². The predicted molar refractivity (Wildman–Crippen MR) is 49.7 cm³/mol. The predicted octanol–water partition coefficient (Wildman–Crippen LogP) is 2.58. The summed E-state index contributed by atoms with van der Waals surface area (Å²) in [5, 5.41) is 0. The largest absolute Gasteiger partial charge is 0.295 e. The first-order valence-corrected chi connectivity index (χ1v) is 4.53. The fraction of sp³-hybridized carbons (Fsp3) is 0.667. The molecule has 0 fully saturated rings. The van der Waals surface area contributed by atoms with Gasteiger partial charge in [0.15, 0.2) is 5.78 Å². The number of thiol groups is 1. The summed E-state index contributed by atoms with van der Waals surface area (Å²) >= 11 is 4.31. The highest BCUT2D eigenvalue weighted by Gasteiger charge is 2.20. The van der Waals surface area contributed by atoms with Crippen LogP contribution in [0.5, 0.6) is 0 Å². The highest BCUT2D eigenvalue weighted by Crippen LogP contribution is 2.29. The molecule has 0 spiro atoms. The molecule has 1 rings (SSSR count). The Hall–Kier alpha value is -0.240. The minimum Gasteiger partial charge on any atom is -0.295 e. The van der Waals surface area contributed by atoms with Crippen LogP contribution in [0.15, 0.2) is 10.5 Å². The summed E-state index contributed by atoms with van der Waals surface area (Å²) in [5.41, 5.74) is 0.958. The molecule has 2 heteroatoms. The molecule has 0 heterocycles. The summed E-state index contributed by atoms with van der Waals surface area (Å²) in [5.74, 6) is 0.645. The van der Waals surface area contributed by atoms with Crippen LogP contribution in [0.3, 0.4) is 0 Å². The summed E-state index contributed by atoms with van der Waals surface area (Å²) in [6.45, 7) is 4.10. The third-order valence-electron chi connectivity index (χ3n) is 2.01. The first-order valence-electron chi connectivity index (χ1n) is 4.08. The standard InChI is InChI=1S/C9H14OS/c1-6(2)9-7(10)4-3-5-8(9)11/h6,11H,3-5H2,1-2H3. The molecule has 0 unspecified atom stereocenters. The molecular weight excluding hydrogens is 156 g/mol. The van der Waals surface area contributed by atoms with Crippen LogP contribution in [-0.4, -0.2) is 5.78 Å². The third kappa shape index (κ3) is 1.86. The van der Waals surface area contributed by atoms with Gasteiger partial charge in [0.25, 0.3) is 0 Å². The van der Waals surface area contributed by atoms with Crippen molar-refractivity contribution in [1.29, 1.82) is 0 Å². The van der Waals surface area contributed by atoms with Crippen LogP contribution in [0.25, 0.3) is 0 Å². The molecule has 0 bridgehead atoms. The number of carbonyl (C=O) groups excluding carboxylic acids is 1.